The molecule has 0 saturated heterocycles. The maximum absolute atomic E-state index is 11.2. The Bertz CT molecular complexity index is 143. The summed E-state index contributed by atoms with van der Waals surface area (Å²) >= 11 is 0. The van der Waals surface area contributed by atoms with E-state index in [1.807, 2.05) is 0 Å². The van der Waals surface area contributed by atoms with Crippen molar-refractivity contribution in [1.82, 2.24) is 5.32 Å². The van der Waals surface area contributed by atoms with E-state index < -0.39 is 6.04 Å². The lowest BCUT2D eigenvalue weighted by Gasteiger charge is -2.21. The van der Waals surface area contributed by atoms with E-state index >= 15 is 0 Å². The number of nitrogens with two attached hydrogens (primary N) is 1. The van der Waals surface area contributed by atoms with Gasteiger partial charge in [0.05, 0.1) is 6.04 Å². The van der Waals surface area contributed by atoms with Crippen LogP contribution in [0.25, 0.3) is 0 Å². The van der Waals surface area contributed by atoms with Gasteiger partial charge in [-0.3, -0.25) is 4.79 Å². The predicted molar refractivity (Wildman–Crippen MR) is 50.7 cm³/mol. The molecule has 1 unspecified atom stereocenters. The van der Waals surface area contributed by atoms with Crippen molar-refractivity contribution in [1.29, 1.82) is 0 Å². The maximum atomic E-state index is 11.2. The molecule has 0 heterocycles. The first-order valence-corrected chi connectivity index (χ1v) is 4.55. The Balaban J connectivity index is 3.94. The molecule has 12 heavy (non-hydrogen) atoms. The summed E-state index contributed by atoms with van der Waals surface area (Å²) in [7, 11) is 0. The molecule has 0 saturated carbocycles. The Morgan fingerprint density at radius 2 is 1.92 bits per heavy atom. The molecule has 0 fully saturated rings. The lowest BCUT2D eigenvalue weighted by Crippen LogP contribution is -2.45. The van der Waals surface area contributed by atoms with E-state index in [4.69, 9.17) is 5.73 Å². The van der Waals surface area contributed by atoms with Gasteiger partial charge in [-0.05, 0) is 19.3 Å². The molecule has 3 heteroatoms. The second kappa shape index (κ2) is 5.14. The SMILES string of the molecule is CCC(NC(=O)[C@@H](C)N)C(C)C. The molecule has 3 nitrogen and oxygen atoms in total. The molecule has 0 aliphatic heterocycles. The summed E-state index contributed by atoms with van der Waals surface area (Å²) in [5, 5.41) is 2.90. The van der Waals surface area contributed by atoms with Crippen LogP contribution < -0.4 is 11.1 Å². The highest BCUT2D eigenvalue weighted by molar-refractivity contribution is 5.81. The molecular weight excluding hydrogens is 152 g/mol. The molecule has 0 aromatic carbocycles. The number of nitrogens with one attached hydrogen (secondary N) is 1. The van der Waals surface area contributed by atoms with Crippen LogP contribution >= 0.6 is 0 Å². The van der Waals surface area contributed by atoms with Crippen LogP contribution in [0.15, 0.2) is 0 Å². The minimum absolute atomic E-state index is 0.0597. The van der Waals surface area contributed by atoms with E-state index in [1.165, 1.54) is 0 Å². The average molecular weight is 172 g/mol. The normalized spacial score (nSPS) is 15.8. The Morgan fingerprint density at radius 1 is 1.42 bits per heavy atom. The van der Waals surface area contributed by atoms with Crippen LogP contribution in [0.4, 0.5) is 0 Å². The van der Waals surface area contributed by atoms with Crippen LogP contribution in [-0.2, 0) is 4.79 Å². The van der Waals surface area contributed by atoms with Crippen molar-refractivity contribution in [2.45, 2.75) is 46.2 Å². The third-order valence-electron chi connectivity index (χ3n) is 1.99. The predicted octanol–water partition coefficient (Wildman–Crippen LogP) is 0.884. The van der Waals surface area contributed by atoms with Gasteiger partial charge >= 0.3 is 0 Å². The minimum atomic E-state index is -0.405. The first-order chi connectivity index (χ1) is 5.49. The van der Waals surface area contributed by atoms with E-state index in [0.29, 0.717) is 5.92 Å². The molecule has 0 rings (SSSR count). The molecule has 72 valence electrons. The average Bonchev–Trinajstić information content (AvgIpc) is 1.98. The number of carbonyl (C=O) groups is 1. The van der Waals surface area contributed by atoms with Gasteiger partial charge in [0.25, 0.3) is 0 Å². The van der Waals surface area contributed by atoms with Crippen molar-refractivity contribution in [3.63, 3.8) is 0 Å². The Kier molecular flexibility index (Phi) is 4.90. The van der Waals surface area contributed by atoms with Gasteiger partial charge in [-0.15, -0.1) is 0 Å². The largest absolute Gasteiger partial charge is 0.352 e. The molecule has 0 aliphatic carbocycles. The van der Waals surface area contributed by atoms with Gasteiger partial charge in [-0.1, -0.05) is 20.8 Å². The molecular formula is C9H20N2O. The standard InChI is InChI=1S/C9H20N2O/c1-5-8(6(2)3)11-9(12)7(4)10/h6-8H,5,10H2,1-4H3,(H,11,12)/t7-,8?/m1/s1. The van der Waals surface area contributed by atoms with Crippen molar-refractivity contribution >= 4 is 5.91 Å². The van der Waals surface area contributed by atoms with Gasteiger partial charge in [-0.25, -0.2) is 0 Å². The van der Waals surface area contributed by atoms with E-state index in [-0.39, 0.29) is 11.9 Å². The number of carbonyl (C=O) groups excluding carboxylic acids is 1. The van der Waals surface area contributed by atoms with Crippen LogP contribution in [0.1, 0.15) is 34.1 Å². The lowest BCUT2D eigenvalue weighted by atomic mass is 10.0. The van der Waals surface area contributed by atoms with Gasteiger partial charge in [0.2, 0.25) is 5.91 Å². The fourth-order valence-corrected chi connectivity index (χ4v) is 1.05. The van der Waals surface area contributed by atoms with Crippen LogP contribution in [0.2, 0.25) is 0 Å². The van der Waals surface area contributed by atoms with Crippen molar-refractivity contribution in [3.05, 3.63) is 0 Å². The zero-order chi connectivity index (χ0) is 9.72. The summed E-state index contributed by atoms with van der Waals surface area (Å²) in [4.78, 5) is 11.2. The summed E-state index contributed by atoms with van der Waals surface area (Å²) in [6.45, 7) is 7.94. The Hall–Kier alpha value is -0.570. The molecule has 0 spiro atoms. The topological polar surface area (TPSA) is 55.1 Å². The zero-order valence-electron chi connectivity index (χ0n) is 8.42. The van der Waals surface area contributed by atoms with Crippen molar-refractivity contribution in [2.75, 3.05) is 0 Å². The number of hydrogen-bond donors (Lipinski definition) is 2. The highest BCUT2D eigenvalue weighted by Crippen LogP contribution is 2.04. The number of rotatable bonds is 4. The van der Waals surface area contributed by atoms with Crippen molar-refractivity contribution < 1.29 is 4.79 Å². The molecule has 0 bridgehead atoms. The smallest absolute Gasteiger partial charge is 0.236 e. The van der Waals surface area contributed by atoms with E-state index in [9.17, 15) is 4.79 Å². The first-order valence-electron chi connectivity index (χ1n) is 4.55. The van der Waals surface area contributed by atoms with Crippen LogP contribution in [-0.4, -0.2) is 18.0 Å². The molecule has 0 aromatic heterocycles. The second-order valence-corrected chi connectivity index (χ2v) is 3.56. The highest BCUT2D eigenvalue weighted by atomic mass is 16.2. The molecule has 0 aromatic rings. The summed E-state index contributed by atoms with van der Waals surface area (Å²) in [6, 6.07) is -0.152. The molecule has 1 amide bonds. The van der Waals surface area contributed by atoms with E-state index in [1.54, 1.807) is 6.92 Å². The van der Waals surface area contributed by atoms with Crippen LogP contribution in [0, 0.1) is 5.92 Å². The monoisotopic (exact) mass is 172 g/mol. The van der Waals surface area contributed by atoms with Crippen molar-refractivity contribution in [2.24, 2.45) is 11.7 Å². The quantitative estimate of drug-likeness (QED) is 0.661. The summed E-state index contributed by atoms with van der Waals surface area (Å²) in [5.41, 5.74) is 5.43. The highest BCUT2D eigenvalue weighted by Gasteiger charge is 2.15. The second-order valence-electron chi connectivity index (χ2n) is 3.56. The third kappa shape index (κ3) is 3.72. The molecule has 0 radical (unpaired) electrons. The number of hydrogen-bond acceptors (Lipinski definition) is 2. The van der Waals surface area contributed by atoms with E-state index in [2.05, 4.69) is 26.1 Å². The fraction of sp³-hybridized carbons (Fsp3) is 0.889. The van der Waals surface area contributed by atoms with Crippen molar-refractivity contribution in [3.8, 4) is 0 Å². The summed E-state index contributed by atoms with van der Waals surface area (Å²) in [5.74, 6) is 0.410. The summed E-state index contributed by atoms with van der Waals surface area (Å²) in [6.07, 6.45) is 0.954. The van der Waals surface area contributed by atoms with Crippen LogP contribution in [0.3, 0.4) is 0 Å². The summed E-state index contributed by atoms with van der Waals surface area (Å²) < 4.78 is 0. The maximum Gasteiger partial charge on any atom is 0.236 e. The van der Waals surface area contributed by atoms with Gasteiger partial charge in [-0.2, -0.15) is 0 Å². The molecule has 2 atom stereocenters. The molecule has 0 aliphatic rings. The van der Waals surface area contributed by atoms with Gasteiger partial charge < -0.3 is 11.1 Å². The van der Waals surface area contributed by atoms with Gasteiger partial charge in [0.1, 0.15) is 0 Å². The minimum Gasteiger partial charge on any atom is -0.352 e. The van der Waals surface area contributed by atoms with Crippen LogP contribution in [0.5, 0.6) is 0 Å². The molecule has 3 N–H and O–H groups in total. The Labute approximate surface area is 74.7 Å². The van der Waals surface area contributed by atoms with Gasteiger partial charge in [0, 0.05) is 6.04 Å². The lowest BCUT2D eigenvalue weighted by molar-refractivity contribution is -0.123. The number of amides is 1. The third-order valence-corrected chi connectivity index (χ3v) is 1.99. The van der Waals surface area contributed by atoms with Gasteiger partial charge in [0.15, 0.2) is 0 Å². The van der Waals surface area contributed by atoms with E-state index in [0.717, 1.165) is 6.42 Å². The fourth-order valence-electron chi connectivity index (χ4n) is 1.05. The Morgan fingerprint density at radius 3 is 2.17 bits per heavy atom. The zero-order valence-corrected chi connectivity index (χ0v) is 8.42. The first kappa shape index (κ1) is 11.4.